The predicted octanol–water partition coefficient (Wildman–Crippen LogP) is 7.11. The van der Waals surface area contributed by atoms with Crippen molar-refractivity contribution in [2.24, 2.45) is 4.99 Å². The highest BCUT2D eigenvalue weighted by Gasteiger charge is 2.33. The van der Waals surface area contributed by atoms with Gasteiger partial charge in [-0.3, -0.25) is 14.4 Å². The van der Waals surface area contributed by atoms with Gasteiger partial charge in [-0.05, 0) is 61.4 Å². The van der Waals surface area contributed by atoms with Crippen LogP contribution in [0.3, 0.4) is 0 Å². The van der Waals surface area contributed by atoms with Crippen LogP contribution in [-0.4, -0.2) is 43.6 Å². The highest BCUT2D eigenvalue weighted by Crippen LogP contribution is 2.40. The van der Waals surface area contributed by atoms with Crippen LogP contribution >= 0.6 is 34.7 Å². The van der Waals surface area contributed by atoms with Crippen molar-refractivity contribution in [1.82, 2.24) is 19.7 Å². The lowest BCUT2D eigenvalue weighted by molar-refractivity contribution is -0.129. The molecule has 0 N–H and O–H groups in total. The molecule has 0 spiro atoms. The summed E-state index contributed by atoms with van der Waals surface area (Å²) in [5, 5.41) is 10.4. The summed E-state index contributed by atoms with van der Waals surface area (Å²) in [6.45, 7) is 3.62. The molecule has 3 aromatic carbocycles. The van der Waals surface area contributed by atoms with Crippen LogP contribution in [0.5, 0.6) is 11.5 Å². The van der Waals surface area contributed by atoms with E-state index in [1.807, 2.05) is 90.7 Å². The number of hydrogen-bond acceptors (Lipinski definition) is 7. The first-order chi connectivity index (χ1) is 20.5. The number of aromatic nitrogens is 3. The van der Waals surface area contributed by atoms with E-state index in [2.05, 4.69) is 14.8 Å². The van der Waals surface area contributed by atoms with E-state index in [9.17, 15) is 4.79 Å². The summed E-state index contributed by atoms with van der Waals surface area (Å²) < 4.78 is 8.00. The molecule has 0 saturated heterocycles. The van der Waals surface area contributed by atoms with E-state index in [0.29, 0.717) is 30.4 Å². The number of benzene rings is 3. The van der Waals surface area contributed by atoms with Gasteiger partial charge in [0, 0.05) is 32.5 Å². The summed E-state index contributed by atoms with van der Waals surface area (Å²) in [5.41, 5.74) is 4.12. The highest BCUT2D eigenvalue weighted by molar-refractivity contribution is 8.00. The van der Waals surface area contributed by atoms with Gasteiger partial charge in [-0.15, -0.1) is 33.3 Å². The molecule has 2 aromatic heterocycles. The number of para-hydroxylation sites is 1. The van der Waals surface area contributed by atoms with Crippen LogP contribution in [0, 0.1) is 6.92 Å². The molecule has 0 fully saturated rings. The zero-order chi connectivity index (χ0) is 28.6. The summed E-state index contributed by atoms with van der Waals surface area (Å²) in [6, 6.07) is 25.4. The van der Waals surface area contributed by atoms with Crippen LogP contribution in [0.4, 0.5) is 0 Å². The van der Waals surface area contributed by atoms with Gasteiger partial charge >= 0.3 is 0 Å². The number of halogens is 1. The fourth-order valence-corrected chi connectivity index (χ4v) is 7.80. The summed E-state index contributed by atoms with van der Waals surface area (Å²) in [4.78, 5) is 22.5. The Hall–Kier alpha value is -3.92. The van der Waals surface area contributed by atoms with Gasteiger partial charge in [-0.1, -0.05) is 48.0 Å². The fourth-order valence-electron chi connectivity index (χ4n) is 5.34. The Bertz CT molecular complexity index is 1810. The lowest BCUT2D eigenvalue weighted by Gasteiger charge is -2.27. The van der Waals surface area contributed by atoms with Gasteiger partial charge in [-0.2, -0.15) is 0 Å². The van der Waals surface area contributed by atoms with E-state index < -0.39 is 0 Å². The van der Waals surface area contributed by atoms with Crippen molar-refractivity contribution in [3.8, 4) is 16.5 Å². The van der Waals surface area contributed by atoms with E-state index in [1.165, 1.54) is 10.4 Å². The number of carbonyl (C=O) groups is 1. The number of hydrogen-bond donors (Lipinski definition) is 0. The van der Waals surface area contributed by atoms with Crippen LogP contribution in [-0.2, 0) is 24.3 Å². The summed E-state index contributed by atoms with van der Waals surface area (Å²) in [6.07, 6.45) is 0.753. The third-order valence-electron chi connectivity index (χ3n) is 7.40. The van der Waals surface area contributed by atoms with Crippen molar-refractivity contribution < 1.29 is 9.53 Å². The van der Waals surface area contributed by atoms with Crippen molar-refractivity contribution in [3.05, 3.63) is 117 Å². The number of carbonyl (C=O) groups excluding carboxylic acids is 1. The number of aliphatic imine (C=N–C) groups is 1. The lowest BCUT2D eigenvalue weighted by atomic mass is 9.95. The summed E-state index contributed by atoms with van der Waals surface area (Å²) in [5.74, 6) is 3.69. The van der Waals surface area contributed by atoms with Gasteiger partial charge in [0.15, 0.2) is 5.82 Å². The summed E-state index contributed by atoms with van der Waals surface area (Å²) in [7, 11) is 0. The number of ether oxygens (including phenoxy) is 1. The van der Waals surface area contributed by atoms with Crippen molar-refractivity contribution in [3.63, 3.8) is 0 Å². The van der Waals surface area contributed by atoms with E-state index in [1.54, 1.807) is 23.1 Å². The molecule has 7 rings (SSSR count). The maximum Gasteiger partial charge on any atom is 0.233 e. The third-order valence-corrected chi connectivity index (χ3v) is 9.92. The monoisotopic (exact) mass is 611 g/mol. The molecule has 210 valence electrons. The van der Waals surface area contributed by atoms with Gasteiger partial charge in [0.2, 0.25) is 5.91 Å². The van der Waals surface area contributed by atoms with Gasteiger partial charge in [0.1, 0.15) is 28.9 Å². The third kappa shape index (κ3) is 5.12. The lowest BCUT2D eigenvalue weighted by Crippen LogP contribution is -2.36. The molecule has 0 saturated carbocycles. The van der Waals surface area contributed by atoms with E-state index in [0.717, 1.165) is 56.3 Å². The molecule has 10 heteroatoms. The van der Waals surface area contributed by atoms with Gasteiger partial charge in [0.05, 0.1) is 18.0 Å². The number of aryl methyl sites for hydroxylation is 1. The first-order valence-electron chi connectivity index (χ1n) is 13.6. The maximum absolute atomic E-state index is 13.3. The average Bonchev–Trinajstić information content (AvgIpc) is 3.52. The largest absolute Gasteiger partial charge is 0.457 e. The summed E-state index contributed by atoms with van der Waals surface area (Å²) >= 11 is 9.91. The van der Waals surface area contributed by atoms with Crippen molar-refractivity contribution in [2.75, 3.05) is 12.3 Å². The zero-order valence-electron chi connectivity index (χ0n) is 22.8. The minimum absolute atomic E-state index is 0.125. The number of nitrogens with zero attached hydrogens (tertiary/aromatic N) is 5. The zero-order valence-corrected chi connectivity index (χ0v) is 25.2. The predicted molar refractivity (Wildman–Crippen MR) is 168 cm³/mol. The normalized spacial score (nSPS) is 14.0. The molecule has 1 amide bonds. The average molecular weight is 612 g/mol. The Labute approximate surface area is 256 Å². The van der Waals surface area contributed by atoms with E-state index in [4.69, 9.17) is 21.3 Å². The van der Waals surface area contributed by atoms with Crippen LogP contribution in [0.1, 0.15) is 33.2 Å². The first-order valence-corrected chi connectivity index (χ1v) is 15.8. The second kappa shape index (κ2) is 11.4. The second-order valence-electron chi connectivity index (χ2n) is 10.1. The molecule has 7 nitrogen and oxygen atoms in total. The fraction of sp³-hybridized carbons (Fsp3) is 0.188. The molecule has 42 heavy (non-hydrogen) atoms. The number of amides is 1. The molecule has 5 aromatic rings. The van der Waals surface area contributed by atoms with Crippen LogP contribution in [0.15, 0.2) is 88.8 Å². The Kier molecular flexibility index (Phi) is 7.31. The molecule has 0 aliphatic carbocycles. The van der Waals surface area contributed by atoms with Crippen molar-refractivity contribution >= 4 is 46.3 Å². The second-order valence-corrected chi connectivity index (χ2v) is 12.6. The van der Waals surface area contributed by atoms with E-state index in [-0.39, 0.29) is 5.91 Å². The molecular weight excluding hydrogens is 586 g/mol. The molecular formula is C32H26ClN5O2S2. The molecule has 0 atom stereocenters. The molecule has 4 heterocycles. The van der Waals surface area contributed by atoms with Crippen LogP contribution < -0.4 is 4.74 Å². The minimum Gasteiger partial charge on any atom is -0.457 e. The maximum atomic E-state index is 13.3. The first kappa shape index (κ1) is 26.9. The Balaban J connectivity index is 1.10. The molecule has 2 aliphatic heterocycles. The number of fused-ring (bicyclic) bond motifs is 5. The minimum atomic E-state index is 0.125. The molecule has 2 aliphatic rings. The SMILES string of the molecule is Cc1nnc2n1-c1sc3c(c1C(c1ccccc1Cl)=NC2)CCN(C(=O)CSc1ccc(Oc2ccccc2)cc1)C3. The van der Waals surface area contributed by atoms with Gasteiger partial charge in [0.25, 0.3) is 0 Å². The van der Waals surface area contributed by atoms with Gasteiger partial charge < -0.3 is 9.64 Å². The number of rotatable bonds is 6. The molecule has 0 bridgehead atoms. The highest BCUT2D eigenvalue weighted by atomic mass is 35.5. The van der Waals surface area contributed by atoms with Gasteiger partial charge in [-0.25, -0.2) is 0 Å². The van der Waals surface area contributed by atoms with Crippen LogP contribution in [0.2, 0.25) is 5.02 Å². The Morgan fingerprint density at radius 1 is 1.00 bits per heavy atom. The quantitative estimate of drug-likeness (QED) is 0.191. The molecule has 0 radical (unpaired) electrons. The standard InChI is InChI=1S/C32H26ClN5O2S2/c1-20-35-36-28-17-34-31(24-9-5-6-10-26(24)33)30-25-15-16-37(18-27(25)42-32(30)38(20)28)29(39)19-41-23-13-11-22(12-14-23)40-21-7-3-2-4-8-21/h2-14H,15-19H2,1H3. The van der Waals surface area contributed by atoms with Crippen molar-refractivity contribution in [1.29, 1.82) is 0 Å². The topological polar surface area (TPSA) is 72.6 Å². The Morgan fingerprint density at radius 3 is 2.57 bits per heavy atom. The number of thiophene rings is 1. The van der Waals surface area contributed by atoms with Crippen LogP contribution in [0.25, 0.3) is 5.00 Å². The van der Waals surface area contributed by atoms with Crippen molar-refractivity contribution in [2.45, 2.75) is 31.3 Å². The number of thioether (sulfide) groups is 1. The van der Waals surface area contributed by atoms with E-state index >= 15 is 0 Å². The Morgan fingerprint density at radius 2 is 1.76 bits per heavy atom. The molecule has 0 unspecified atom stereocenters. The smallest absolute Gasteiger partial charge is 0.233 e.